The summed E-state index contributed by atoms with van der Waals surface area (Å²) in [6, 6.07) is 6.30. The fourth-order valence-electron chi connectivity index (χ4n) is 2.10. The largest absolute Gasteiger partial charge is 0.383 e. The molecule has 20 heavy (non-hydrogen) atoms. The molecule has 1 unspecified atom stereocenters. The lowest BCUT2D eigenvalue weighted by atomic mass is 10.0. The SMILES string of the molecule is COCCN(CCC(N)c1ccc(Br)cc1Cl)C(C)C. The van der Waals surface area contributed by atoms with E-state index < -0.39 is 0 Å². The molecular formula is C15H24BrClN2O. The van der Waals surface area contributed by atoms with E-state index in [1.54, 1.807) is 7.11 Å². The van der Waals surface area contributed by atoms with E-state index in [4.69, 9.17) is 22.1 Å². The number of hydrogen-bond acceptors (Lipinski definition) is 3. The molecule has 2 N–H and O–H groups in total. The van der Waals surface area contributed by atoms with Gasteiger partial charge in [-0.15, -0.1) is 0 Å². The maximum Gasteiger partial charge on any atom is 0.0589 e. The average Bonchev–Trinajstić information content (AvgIpc) is 2.38. The van der Waals surface area contributed by atoms with Crippen molar-refractivity contribution in [3.63, 3.8) is 0 Å². The lowest BCUT2D eigenvalue weighted by molar-refractivity contribution is 0.127. The normalized spacial score (nSPS) is 13.2. The number of hydrogen-bond donors (Lipinski definition) is 1. The summed E-state index contributed by atoms with van der Waals surface area (Å²) >= 11 is 9.65. The number of ether oxygens (including phenoxy) is 1. The predicted molar refractivity (Wildman–Crippen MR) is 89.3 cm³/mol. The van der Waals surface area contributed by atoms with Crippen LogP contribution in [0.1, 0.15) is 31.9 Å². The number of rotatable bonds is 8. The Balaban J connectivity index is 2.58. The fraction of sp³-hybridized carbons (Fsp3) is 0.600. The Kier molecular flexibility index (Phi) is 8.07. The zero-order chi connectivity index (χ0) is 15.1. The maximum atomic E-state index is 6.27. The van der Waals surface area contributed by atoms with Gasteiger partial charge in [-0.3, -0.25) is 4.90 Å². The van der Waals surface area contributed by atoms with Gasteiger partial charge in [0.25, 0.3) is 0 Å². The number of nitrogens with two attached hydrogens (primary N) is 1. The Morgan fingerprint density at radius 3 is 2.60 bits per heavy atom. The van der Waals surface area contributed by atoms with Crippen LogP contribution in [0, 0.1) is 0 Å². The monoisotopic (exact) mass is 362 g/mol. The van der Waals surface area contributed by atoms with Crippen LogP contribution in [0.2, 0.25) is 5.02 Å². The molecule has 5 heteroatoms. The summed E-state index contributed by atoms with van der Waals surface area (Å²) in [6.45, 7) is 6.98. The summed E-state index contributed by atoms with van der Waals surface area (Å²) in [5.74, 6) is 0. The van der Waals surface area contributed by atoms with E-state index in [9.17, 15) is 0 Å². The molecule has 0 radical (unpaired) electrons. The summed E-state index contributed by atoms with van der Waals surface area (Å²) in [4.78, 5) is 2.37. The third-order valence-electron chi connectivity index (χ3n) is 3.40. The highest BCUT2D eigenvalue weighted by Gasteiger charge is 2.14. The van der Waals surface area contributed by atoms with E-state index in [1.807, 2.05) is 18.2 Å². The number of halogens is 2. The molecule has 0 aliphatic heterocycles. The van der Waals surface area contributed by atoms with Gasteiger partial charge in [0.2, 0.25) is 0 Å². The minimum Gasteiger partial charge on any atom is -0.383 e. The molecule has 0 bridgehead atoms. The summed E-state index contributed by atoms with van der Waals surface area (Å²) in [6.07, 6.45) is 0.878. The summed E-state index contributed by atoms with van der Waals surface area (Å²) < 4.78 is 6.12. The van der Waals surface area contributed by atoms with Crippen LogP contribution in [0.5, 0.6) is 0 Å². The summed E-state index contributed by atoms with van der Waals surface area (Å²) in [7, 11) is 1.73. The zero-order valence-electron chi connectivity index (χ0n) is 12.4. The first-order chi connectivity index (χ1) is 9.45. The summed E-state index contributed by atoms with van der Waals surface area (Å²) in [5, 5.41) is 0.722. The molecule has 0 aromatic heterocycles. The molecule has 0 saturated carbocycles. The van der Waals surface area contributed by atoms with Gasteiger partial charge in [0.05, 0.1) is 6.61 Å². The van der Waals surface area contributed by atoms with Gasteiger partial charge in [-0.2, -0.15) is 0 Å². The van der Waals surface area contributed by atoms with Crippen molar-refractivity contribution in [2.24, 2.45) is 5.73 Å². The standard InChI is InChI=1S/C15H24BrClN2O/c1-11(2)19(8-9-20-3)7-6-15(18)13-5-4-12(16)10-14(13)17/h4-5,10-11,15H,6-9,18H2,1-3H3. The second kappa shape index (κ2) is 9.00. The third kappa shape index (κ3) is 5.70. The number of nitrogens with zero attached hydrogens (tertiary/aromatic N) is 1. The topological polar surface area (TPSA) is 38.5 Å². The molecule has 114 valence electrons. The molecule has 0 fully saturated rings. The quantitative estimate of drug-likeness (QED) is 0.762. The third-order valence-corrected chi connectivity index (χ3v) is 4.22. The first-order valence-electron chi connectivity index (χ1n) is 6.89. The van der Waals surface area contributed by atoms with Gasteiger partial charge in [-0.05, 0) is 38.0 Å². The zero-order valence-corrected chi connectivity index (χ0v) is 14.7. The van der Waals surface area contributed by atoms with Crippen molar-refractivity contribution in [1.82, 2.24) is 4.90 Å². The van der Waals surface area contributed by atoms with Gasteiger partial charge >= 0.3 is 0 Å². The minimum absolute atomic E-state index is 0.0422. The van der Waals surface area contributed by atoms with Gasteiger partial charge in [-0.25, -0.2) is 0 Å². The molecule has 0 spiro atoms. The first-order valence-corrected chi connectivity index (χ1v) is 8.06. The molecule has 0 heterocycles. The van der Waals surface area contributed by atoms with Crippen LogP contribution in [0.3, 0.4) is 0 Å². The van der Waals surface area contributed by atoms with E-state index in [0.717, 1.165) is 41.2 Å². The fourth-order valence-corrected chi connectivity index (χ4v) is 2.91. The van der Waals surface area contributed by atoms with Gasteiger partial charge in [-0.1, -0.05) is 33.6 Å². The smallest absolute Gasteiger partial charge is 0.0589 e. The van der Waals surface area contributed by atoms with Crippen molar-refractivity contribution < 1.29 is 4.74 Å². The highest BCUT2D eigenvalue weighted by Crippen LogP contribution is 2.27. The molecule has 1 rings (SSSR count). The van der Waals surface area contributed by atoms with E-state index >= 15 is 0 Å². The highest BCUT2D eigenvalue weighted by molar-refractivity contribution is 9.10. The van der Waals surface area contributed by atoms with Crippen molar-refractivity contribution in [2.75, 3.05) is 26.8 Å². The van der Waals surface area contributed by atoms with Crippen molar-refractivity contribution >= 4 is 27.5 Å². The van der Waals surface area contributed by atoms with Gasteiger partial charge in [0, 0.05) is 41.8 Å². The molecule has 0 aliphatic carbocycles. The van der Waals surface area contributed by atoms with Crippen LogP contribution in [-0.2, 0) is 4.74 Å². The van der Waals surface area contributed by atoms with Gasteiger partial charge in [0.1, 0.15) is 0 Å². The lowest BCUT2D eigenvalue weighted by Gasteiger charge is -2.27. The Morgan fingerprint density at radius 2 is 2.05 bits per heavy atom. The van der Waals surface area contributed by atoms with Crippen molar-refractivity contribution in [1.29, 1.82) is 0 Å². The average molecular weight is 364 g/mol. The van der Waals surface area contributed by atoms with E-state index in [-0.39, 0.29) is 6.04 Å². The molecule has 0 saturated heterocycles. The Hall–Kier alpha value is -0.130. The summed E-state index contributed by atoms with van der Waals surface area (Å²) in [5.41, 5.74) is 7.27. The Bertz CT molecular complexity index is 415. The molecule has 1 aromatic carbocycles. The van der Waals surface area contributed by atoms with Crippen molar-refractivity contribution in [3.8, 4) is 0 Å². The van der Waals surface area contributed by atoms with Crippen LogP contribution >= 0.6 is 27.5 Å². The molecule has 0 aliphatic rings. The van der Waals surface area contributed by atoms with Crippen molar-refractivity contribution in [3.05, 3.63) is 33.3 Å². The molecule has 1 aromatic rings. The van der Waals surface area contributed by atoms with Crippen LogP contribution in [0.4, 0.5) is 0 Å². The van der Waals surface area contributed by atoms with E-state index in [1.165, 1.54) is 0 Å². The first kappa shape index (κ1) is 17.9. The molecule has 1 atom stereocenters. The van der Waals surface area contributed by atoms with Crippen LogP contribution in [0.15, 0.2) is 22.7 Å². The van der Waals surface area contributed by atoms with Crippen LogP contribution in [0.25, 0.3) is 0 Å². The van der Waals surface area contributed by atoms with Crippen LogP contribution in [-0.4, -0.2) is 37.7 Å². The number of methoxy groups -OCH3 is 1. The molecular weight excluding hydrogens is 340 g/mol. The lowest BCUT2D eigenvalue weighted by Crippen LogP contribution is -2.36. The predicted octanol–water partition coefficient (Wildman–Crippen LogP) is 3.85. The van der Waals surface area contributed by atoms with Gasteiger partial charge < -0.3 is 10.5 Å². The second-order valence-electron chi connectivity index (χ2n) is 5.18. The Labute approximate surface area is 135 Å². The number of benzene rings is 1. The van der Waals surface area contributed by atoms with Gasteiger partial charge in [0.15, 0.2) is 0 Å². The molecule has 0 amide bonds. The highest BCUT2D eigenvalue weighted by atomic mass is 79.9. The van der Waals surface area contributed by atoms with E-state index in [2.05, 4.69) is 34.7 Å². The maximum absolute atomic E-state index is 6.27. The Morgan fingerprint density at radius 1 is 1.35 bits per heavy atom. The molecule has 3 nitrogen and oxygen atoms in total. The van der Waals surface area contributed by atoms with Crippen LogP contribution < -0.4 is 5.73 Å². The van der Waals surface area contributed by atoms with Crippen molar-refractivity contribution in [2.45, 2.75) is 32.4 Å². The van der Waals surface area contributed by atoms with E-state index in [0.29, 0.717) is 6.04 Å². The minimum atomic E-state index is -0.0422. The second-order valence-corrected chi connectivity index (χ2v) is 6.51.